The zero-order valence-corrected chi connectivity index (χ0v) is 47.9. The number of ether oxygens (including phenoxy) is 7. The predicted molar refractivity (Wildman–Crippen MR) is 293 cm³/mol. The average molecular weight is 1150 g/mol. The number of nitrogens with two attached hydrogens (primary N) is 1. The summed E-state index contributed by atoms with van der Waals surface area (Å²) in [6.07, 6.45) is 10.2. The number of carbonyl (C=O) groups is 11. The number of hydrogen-bond donors (Lipinski definition) is 2. The number of ketones is 1. The Labute approximate surface area is 478 Å². The summed E-state index contributed by atoms with van der Waals surface area (Å²) >= 11 is 0. The highest BCUT2D eigenvalue weighted by atomic mass is 16.6. The Morgan fingerprint density at radius 2 is 0.927 bits per heavy atom. The molecule has 1 aliphatic carbocycles. The second-order valence-corrected chi connectivity index (χ2v) is 14.0. The summed E-state index contributed by atoms with van der Waals surface area (Å²) in [6, 6.07) is 9.77. The van der Waals surface area contributed by atoms with E-state index < -0.39 is 65.8 Å². The van der Waals surface area contributed by atoms with Crippen molar-refractivity contribution in [2.75, 3.05) is 47.3 Å². The molecule has 0 aromatic heterocycles. The molecule has 1 fully saturated rings. The van der Waals surface area contributed by atoms with E-state index in [0.29, 0.717) is 5.92 Å². The molecule has 26 heteroatoms. The molecule has 0 atom stereocenters. The number of hydrogen-bond acceptors (Lipinski definition) is 24. The van der Waals surface area contributed by atoms with Crippen LogP contribution in [0, 0.1) is 73.9 Å². The van der Waals surface area contributed by atoms with E-state index in [1.54, 1.807) is 65.0 Å². The second kappa shape index (κ2) is 59.4. The molecule has 0 radical (unpaired) electrons. The third kappa shape index (κ3) is 55.4. The minimum absolute atomic E-state index is 0.0139. The molecule has 82 heavy (non-hydrogen) atoms. The average Bonchev–Trinajstić information content (AvgIpc) is 3.48. The van der Waals surface area contributed by atoms with E-state index in [4.69, 9.17) is 36.7 Å². The first-order valence-corrected chi connectivity index (χ1v) is 23.4. The summed E-state index contributed by atoms with van der Waals surface area (Å²) in [5.41, 5.74) is 4.77. The second-order valence-electron chi connectivity index (χ2n) is 14.0. The van der Waals surface area contributed by atoms with Gasteiger partial charge in [0.25, 0.3) is 5.91 Å². The van der Waals surface area contributed by atoms with Crippen LogP contribution in [0.2, 0.25) is 0 Å². The Hall–Kier alpha value is -10.8. The number of methoxy groups -OCH3 is 2. The van der Waals surface area contributed by atoms with Crippen molar-refractivity contribution in [3.63, 3.8) is 0 Å². The fourth-order valence-electron chi connectivity index (χ4n) is 3.60. The molecule has 1 rings (SSSR count). The summed E-state index contributed by atoms with van der Waals surface area (Å²) in [7, 11) is 2.35. The Bertz CT molecular complexity index is 2560. The van der Waals surface area contributed by atoms with Gasteiger partial charge in [-0.2, -0.15) is 31.6 Å². The van der Waals surface area contributed by atoms with Crippen LogP contribution in [0.25, 0.3) is 0 Å². The molecule has 26 nitrogen and oxygen atoms in total. The normalized spacial score (nSPS) is 9.85. The Morgan fingerprint density at radius 3 is 1.11 bits per heavy atom. The van der Waals surface area contributed by atoms with E-state index in [1.807, 2.05) is 13.0 Å². The van der Waals surface area contributed by atoms with Gasteiger partial charge in [0.2, 0.25) is 0 Å². The van der Waals surface area contributed by atoms with Crippen molar-refractivity contribution in [1.29, 1.82) is 31.6 Å². The molecular formula is C56H71N7O19. The molecule has 0 heterocycles. The maximum Gasteiger partial charge on any atom is 0.347 e. The number of nitrogens with zero attached hydrogens (tertiary/aromatic N) is 6. The lowest BCUT2D eigenvalue weighted by Gasteiger charge is -2.20. The minimum Gasteiger partial charge on any atom is -0.477 e. The summed E-state index contributed by atoms with van der Waals surface area (Å²) in [5.74, 6) is -7.25. The van der Waals surface area contributed by atoms with Gasteiger partial charge in [0, 0.05) is 5.57 Å². The highest BCUT2D eigenvalue weighted by molar-refractivity contribution is 6.15. The van der Waals surface area contributed by atoms with Crippen molar-refractivity contribution >= 4 is 65.7 Å². The van der Waals surface area contributed by atoms with Crippen LogP contribution < -0.4 is 5.73 Å². The third-order valence-electron chi connectivity index (χ3n) is 8.09. The van der Waals surface area contributed by atoms with Crippen molar-refractivity contribution in [1.82, 2.24) is 0 Å². The summed E-state index contributed by atoms with van der Waals surface area (Å²) in [4.78, 5) is 116. The van der Waals surface area contributed by atoms with Gasteiger partial charge in [-0.15, -0.1) is 0 Å². The molecule has 444 valence electrons. The standard InChI is InChI=1S/C10H14O6.C9H14O.C8H12O4.C5H7NO3.2C5H5NO2.C5H5NO.C5H7N.C4H2N2/c1-4-14-8(11)6-16-10(13)7(3)9(12)15-5-2;1-8(7-10)9-5-3-2-4-6-9;1-4-11-7(9)6(3)8(10)12-5-2;1-3(4(6)7)5(8)9-2;1-4(3-6)5(7)8-2;1-2-4(3-6)5(7)8;1-4(3-6)5(2)7;1-3-5(2)4-6;1-4(2-5)3-6/h3-6H2,1-2H3;7,9H,1-6H2;3-5H2,1-2H3;1H2,2H3,(H2,6,7);1H2,2H3;2H,1H3,(H,7,8);1H2,2H3;3H,1-2H3;1H2/b;;;;;4-2-;;5-3+;. The lowest BCUT2D eigenvalue weighted by atomic mass is 9.85. The van der Waals surface area contributed by atoms with Crippen molar-refractivity contribution < 1.29 is 91.0 Å². The number of carbonyl (C=O) groups excluding carboxylic acids is 10. The highest BCUT2D eigenvalue weighted by Crippen LogP contribution is 2.27. The Kier molecular flexibility index (Phi) is 63.6. The van der Waals surface area contributed by atoms with Gasteiger partial charge in [-0.05, 0) is 79.7 Å². The molecule has 0 saturated heterocycles. The summed E-state index contributed by atoms with van der Waals surface area (Å²) in [5, 5.41) is 55.5. The van der Waals surface area contributed by atoms with Gasteiger partial charge >= 0.3 is 47.8 Å². The van der Waals surface area contributed by atoms with Gasteiger partial charge in [0.05, 0.1) is 52.3 Å². The SMILES string of the molecule is C/C=C(/C#N)C(=O)O.C/C=C(\C)C#N.C=C(C#N)C#N.C=C(C#N)C(=O)OC.C=C(C#N)C(C)=O.C=C(C(=O)OCC)C(=O)OCC.C=C(C(=O)OCC)C(=O)OCC(=O)OCC.C=C(C(N)=O)C(=O)OC.C=C(C=O)C1CCCCC1. The molecule has 0 aliphatic heterocycles. The number of Topliss-reactive ketones (excluding diaryl/α,β-unsaturated/α-hetero) is 1. The molecular weight excluding hydrogens is 1070 g/mol. The first kappa shape index (κ1) is 87.8. The number of carboxylic acid groups (broad SMARTS) is 1. The fraction of sp³-hybridized carbons (Fsp3) is 0.375. The van der Waals surface area contributed by atoms with Gasteiger partial charge in [0.15, 0.2) is 12.4 Å². The van der Waals surface area contributed by atoms with E-state index in [2.05, 4.69) is 84.9 Å². The van der Waals surface area contributed by atoms with Crippen LogP contribution >= 0.6 is 0 Å². The van der Waals surface area contributed by atoms with Gasteiger partial charge in [-0.1, -0.05) is 77.5 Å². The van der Waals surface area contributed by atoms with E-state index in [-0.39, 0.29) is 65.6 Å². The topological polar surface area (TPSA) is 441 Å². The number of aliphatic carboxylic acids is 1. The van der Waals surface area contributed by atoms with E-state index >= 15 is 0 Å². The van der Waals surface area contributed by atoms with Crippen LogP contribution in [0.1, 0.15) is 87.5 Å². The molecule has 1 saturated carbocycles. The fourth-order valence-corrected chi connectivity index (χ4v) is 3.60. The molecule has 1 aliphatic rings. The number of esters is 7. The van der Waals surface area contributed by atoms with Crippen LogP contribution in [0.15, 0.2) is 108 Å². The molecule has 1 amide bonds. The van der Waals surface area contributed by atoms with Crippen molar-refractivity contribution in [2.24, 2.45) is 11.7 Å². The van der Waals surface area contributed by atoms with Gasteiger partial charge < -0.3 is 44.0 Å². The van der Waals surface area contributed by atoms with E-state index in [0.717, 1.165) is 24.5 Å². The van der Waals surface area contributed by atoms with Crippen molar-refractivity contribution in [3.8, 4) is 36.4 Å². The first-order valence-electron chi connectivity index (χ1n) is 23.4. The number of allylic oxidation sites excluding steroid dienone is 6. The smallest absolute Gasteiger partial charge is 0.347 e. The molecule has 0 spiro atoms. The van der Waals surface area contributed by atoms with Gasteiger partial charge in [-0.25, -0.2) is 38.4 Å². The predicted octanol–water partition coefficient (Wildman–Crippen LogP) is 5.90. The summed E-state index contributed by atoms with van der Waals surface area (Å²) < 4.78 is 30.9. The quantitative estimate of drug-likeness (QED) is 0.0325. The Morgan fingerprint density at radius 1 is 0.537 bits per heavy atom. The monoisotopic (exact) mass is 1150 g/mol. The minimum atomic E-state index is -1.17. The number of carboxylic acids is 1. The highest BCUT2D eigenvalue weighted by Gasteiger charge is 2.20. The number of amides is 1. The maximum absolute atomic E-state index is 11.1. The molecule has 0 unspecified atom stereocenters. The van der Waals surface area contributed by atoms with E-state index in [9.17, 15) is 52.7 Å². The largest absolute Gasteiger partial charge is 0.477 e. The van der Waals surface area contributed by atoms with Crippen LogP contribution in [0.5, 0.6) is 0 Å². The summed E-state index contributed by atoms with van der Waals surface area (Å²) in [6.45, 7) is 35.7. The molecule has 0 aromatic carbocycles. The maximum atomic E-state index is 11.1. The lowest BCUT2D eigenvalue weighted by molar-refractivity contribution is -0.158. The zero-order chi connectivity index (χ0) is 65.9. The number of primary amides is 1. The van der Waals surface area contributed by atoms with Gasteiger partial charge in [-0.3, -0.25) is 14.4 Å². The molecule has 0 bridgehead atoms. The van der Waals surface area contributed by atoms with Crippen LogP contribution in [-0.2, 0) is 85.9 Å². The third-order valence-corrected chi connectivity index (χ3v) is 8.09. The van der Waals surface area contributed by atoms with Crippen LogP contribution in [0.3, 0.4) is 0 Å². The van der Waals surface area contributed by atoms with Crippen molar-refractivity contribution in [3.05, 3.63) is 108 Å². The number of rotatable bonds is 17. The van der Waals surface area contributed by atoms with Gasteiger partial charge in [0.1, 0.15) is 70.1 Å². The van der Waals surface area contributed by atoms with Crippen molar-refractivity contribution in [2.45, 2.75) is 87.5 Å². The zero-order valence-electron chi connectivity index (χ0n) is 47.9. The van der Waals surface area contributed by atoms with E-state index in [1.165, 1.54) is 65.2 Å². The molecule has 0 aromatic rings. The van der Waals surface area contributed by atoms with Crippen LogP contribution in [-0.4, -0.2) is 118 Å². The Balaban J connectivity index is -0.000000127. The van der Waals surface area contributed by atoms with Crippen LogP contribution in [0.4, 0.5) is 0 Å². The number of aldehydes is 1. The first-order chi connectivity index (χ1) is 38.3. The lowest BCUT2D eigenvalue weighted by Crippen LogP contribution is -2.21. The number of nitriles is 6. The molecule has 3 N–H and O–H groups in total.